The van der Waals surface area contributed by atoms with Crippen LogP contribution in [0.1, 0.15) is 25.7 Å². The first kappa shape index (κ1) is 13.5. The molecule has 1 fully saturated rings. The summed E-state index contributed by atoms with van der Waals surface area (Å²) in [7, 11) is 0. The Balaban J connectivity index is 2.61. The molecule has 0 aromatic rings. The van der Waals surface area contributed by atoms with Gasteiger partial charge in [-0.25, -0.2) is 0 Å². The number of primary amides is 1. The molecule has 17 heavy (non-hydrogen) atoms. The summed E-state index contributed by atoms with van der Waals surface area (Å²) in [6.07, 6.45) is 7.53. The van der Waals surface area contributed by atoms with Crippen molar-refractivity contribution in [1.29, 1.82) is 0 Å². The van der Waals surface area contributed by atoms with E-state index >= 15 is 0 Å². The van der Waals surface area contributed by atoms with Gasteiger partial charge in [0.15, 0.2) is 0 Å². The van der Waals surface area contributed by atoms with Crippen molar-refractivity contribution in [2.45, 2.75) is 31.7 Å². The summed E-state index contributed by atoms with van der Waals surface area (Å²) in [5.41, 5.74) is 5.18. The van der Waals surface area contributed by atoms with Gasteiger partial charge in [0.25, 0.3) is 0 Å². The quantitative estimate of drug-likeness (QED) is 0.631. The number of piperidine rings is 1. The predicted molar refractivity (Wildman–Crippen MR) is 64.9 cm³/mol. The van der Waals surface area contributed by atoms with Gasteiger partial charge in [0.05, 0.1) is 6.54 Å². The third-order valence-corrected chi connectivity index (χ3v) is 2.88. The maximum Gasteiger partial charge on any atom is 0.237 e. The van der Waals surface area contributed by atoms with E-state index in [4.69, 9.17) is 12.2 Å². The van der Waals surface area contributed by atoms with Crippen LogP contribution in [-0.2, 0) is 9.59 Å². The predicted octanol–water partition coefficient (Wildman–Crippen LogP) is -0.534. The molecule has 94 valence electrons. The number of nitrogens with one attached hydrogen (secondary N) is 1. The highest BCUT2D eigenvalue weighted by molar-refractivity contribution is 5.84. The van der Waals surface area contributed by atoms with Gasteiger partial charge >= 0.3 is 0 Å². The fourth-order valence-electron chi connectivity index (χ4n) is 2.03. The molecule has 1 rings (SSSR count). The Labute approximate surface area is 102 Å². The number of terminal acetylenes is 1. The van der Waals surface area contributed by atoms with Crippen LogP contribution in [0.15, 0.2) is 0 Å². The van der Waals surface area contributed by atoms with Crippen LogP contribution in [0, 0.1) is 12.3 Å². The molecular formula is C12H19N3O2. The molecule has 0 bridgehead atoms. The molecule has 3 N–H and O–H groups in total. The number of rotatable bonds is 5. The summed E-state index contributed by atoms with van der Waals surface area (Å²) < 4.78 is 0. The second-order valence-electron chi connectivity index (χ2n) is 4.17. The molecule has 1 heterocycles. The number of nitrogens with zero attached hydrogens (tertiary/aromatic N) is 1. The van der Waals surface area contributed by atoms with Crippen LogP contribution in [0.25, 0.3) is 0 Å². The lowest BCUT2D eigenvalue weighted by molar-refractivity contribution is -0.138. The highest BCUT2D eigenvalue weighted by Gasteiger charge is 2.25. The van der Waals surface area contributed by atoms with Gasteiger partial charge in [-0.1, -0.05) is 0 Å². The smallest absolute Gasteiger partial charge is 0.237 e. The van der Waals surface area contributed by atoms with Crippen LogP contribution in [0.4, 0.5) is 0 Å². The summed E-state index contributed by atoms with van der Waals surface area (Å²) in [4.78, 5) is 24.5. The third-order valence-electron chi connectivity index (χ3n) is 2.88. The molecule has 0 atom stereocenters. The van der Waals surface area contributed by atoms with Crippen molar-refractivity contribution in [3.05, 3.63) is 0 Å². The fraction of sp³-hybridized carbons (Fsp3) is 0.667. The van der Waals surface area contributed by atoms with Gasteiger partial charge in [-0.05, 0) is 25.9 Å². The van der Waals surface area contributed by atoms with Crippen LogP contribution in [0.2, 0.25) is 0 Å². The Hall–Kier alpha value is -1.54. The maximum absolute atomic E-state index is 11.9. The van der Waals surface area contributed by atoms with Crippen LogP contribution >= 0.6 is 0 Å². The van der Waals surface area contributed by atoms with Gasteiger partial charge in [-0.2, -0.15) is 0 Å². The Morgan fingerprint density at radius 3 is 2.59 bits per heavy atom. The van der Waals surface area contributed by atoms with Crippen LogP contribution < -0.4 is 11.1 Å². The van der Waals surface area contributed by atoms with Crippen molar-refractivity contribution >= 4 is 11.8 Å². The van der Waals surface area contributed by atoms with E-state index in [0.717, 1.165) is 25.9 Å². The second-order valence-corrected chi connectivity index (χ2v) is 4.17. The molecule has 5 nitrogen and oxygen atoms in total. The zero-order valence-electron chi connectivity index (χ0n) is 9.95. The van der Waals surface area contributed by atoms with Gasteiger partial charge < -0.3 is 16.0 Å². The molecule has 1 aliphatic rings. The lowest BCUT2D eigenvalue weighted by Crippen LogP contribution is -2.49. The van der Waals surface area contributed by atoms with Gasteiger partial charge in [0.2, 0.25) is 11.8 Å². The summed E-state index contributed by atoms with van der Waals surface area (Å²) in [5.74, 6) is 1.88. The highest BCUT2D eigenvalue weighted by Crippen LogP contribution is 2.13. The molecule has 0 spiro atoms. The number of hydrogen-bond acceptors (Lipinski definition) is 3. The number of amides is 2. The van der Waals surface area contributed by atoms with E-state index in [1.165, 1.54) is 0 Å². The van der Waals surface area contributed by atoms with E-state index in [-0.39, 0.29) is 24.9 Å². The van der Waals surface area contributed by atoms with E-state index in [1.807, 2.05) is 0 Å². The van der Waals surface area contributed by atoms with Crippen molar-refractivity contribution < 1.29 is 9.59 Å². The van der Waals surface area contributed by atoms with Gasteiger partial charge in [0.1, 0.15) is 0 Å². The molecular weight excluding hydrogens is 218 g/mol. The average Bonchev–Trinajstić information content (AvgIpc) is 2.34. The first-order chi connectivity index (χ1) is 8.15. The number of carbonyl (C=O) groups is 2. The summed E-state index contributed by atoms with van der Waals surface area (Å²) in [6, 6.07) is 0.106. The van der Waals surface area contributed by atoms with Crippen LogP contribution in [0.5, 0.6) is 0 Å². The second kappa shape index (κ2) is 6.92. The number of nitrogens with two attached hydrogens (primary N) is 1. The van der Waals surface area contributed by atoms with E-state index in [1.54, 1.807) is 4.90 Å². The van der Waals surface area contributed by atoms with Crippen molar-refractivity contribution in [2.24, 2.45) is 5.73 Å². The van der Waals surface area contributed by atoms with Gasteiger partial charge in [-0.3, -0.25) is 9.59 Å². The Bertz CT molecular complexity index is 316. The molecule has 5 heteroatoms. The molecule has 2 amide bonds. The normalized spacial score (nSPS) is 16.2. The number of carbonyl (C=O) groups excluding carboxylic acids is 2. The minimum Gasteiger partial charge on any atom is -0.368 e. The van der Waals surface area contributed by atoms with E-state index in [0.29, 0.717) is 6.42 Å². The third kappa shape index (κ3) is 4.45. The largest absolute Gasteiger partial charge is 0.368 e. The molecule has 1 saturated heterocycles. The molecule has 0 aromatic carbocycles. The molecule has 1 aliphatic heterocycles. The van der Waals surface area contributed by atoms with Crippen molar-refractivity contribution in [1.82, 2.24) is 10.2 Å². The Morgan fingerprint density at radius 1 is 1.41 bits per heavy atom. The van der Waals surface area contributed by atoms with Crippen LogP contribution in [0.3, 0.4) is 0 Å². The SMILES string of the molecule is C#CCCC(=O)N(CC(N)=O)C1CCNCC1. The van der Waals surface area contributed by atoms with Crippen molar-refractivity contribution in [3.8, 4) is 12.3 Å². The topological polar surface area (TPSA) is 75.4 Å². The Kier molecular flexibility index (Phi) is 5.50. The first-order valence-corrected chi connectivity index (χ1v) is 5.87. The zero-order valence-corrected chi connectivity index (χ0v) is 9.95. The van der Waals surface area contributed by atoms with Crippen molar-refractivity contribution in [3.63, 3.8) is 0 Å². The van der Waals surface area contributed by atoms with E-state index in [2.05, 4.69) is 11.2 Å². The summed E-state index contributed by atoms with van der Waals surface area (Å²) >= 11 is 0. The summed E-state index contributed by atoms with van der Waals surface area (Å²) in [5, 5.41) is 3.22. The standard InChI is InChI=1S/C12H19N3O2/c1-2-3-4-12(17)15(9-11(13)16)10-5-7-14-8-6-10/h1,10,14H,3-9H2,(H2,13,16). The molecule has 0 radical (unpaired) electrons. The van der Waals surface area contributed by atoms with Gasteiger partial charge in [-0.15, -0.1) is 12.3 Å². The first-order valence-electron chi connectivity index (χ1n) is 5.87. The molecule has 0 unspecified atom stereocenters. The van der Waals surface area contributed by atoms with E-state index < -0.39 is 5.91 Å². The lowest BCUT2D eigenvalue weighted by Gasteiger charge is -2.33. The minimum atomic E-state index is -0.474. The molecule has 0 aliphatic carbocycles. The summed E-state index contributed by atoms with van der Waals surface area (Å²) in [6.45, 7) is 1.72. The highest BCUT2D eigenvalue weighted by atomic mass is 16.2. The number of hydrogen-bond donors (Lipinski definition) is 2. The Morgan fingerprint density at radius 2 is 2.06 bits per heavy atom. The minimum absolute atomic E-state index is 0.00588. The van der Waals surface area contributed by atoms with Crippen LogP contribution in [-0.4, -0.2) is 42.4 Å². The molecule has 0 aromatic heterocycles. The van der Waals surface area contributed by atoms with Crippen molar-refractivity contribution in [2.75, 3.05) is 19.6 Å². The zero-order chi connectivity index (χ0) is 12.7. The maximum atomic E-state index is 11.9. The average molecular weight is 237 g/mol. The van der Waals surface area contributed by atoms with E-state index in [9.17, 15) is 9.59 Å². The monoisotopic (exact) mass is 237 g/mol. The fourth-order valence-corrected chi connectivity index (χ4v) is 2.03. The molecule has 0 saturated carbocycles. The van der Waals surface area contributed by atoms with Gasteiger partial charge in [0, 0.05) is 18.9 Å². The lowest BCUT2D eigenvalue weighted by atomic mass is 10.0.